The summed E-state index contributed by atoms with van der Waals surface area (Å²) in [7, 11) is 1.51. The molecule has 1 saturated heterocycles. The largest absolute Gasteiger partial charge is 0.492 e. The molecule has 0 aromatic heterocycles. The van der Waals surface area contributed by atoms with Crippen molar-refractivity contribution in [3.05, 3.63) is 29.8 Å². The van der Waals surface area contributed by atoms with Crippen molar-refractivity contribution in [1.29, 1.82) is 0 Å². The molecule has 0 aliphatic carbocycles. The maximum atomic E-state index is 11.6. The molecule has 1 fully saturated rings. The highest BCUT2D eigenvalue weighted by Gasteiger charge is 2.35. The summed E-state index contributed by atoms with van der Waals surface area (Å²) in [5.41, 5.74) is 1.14. The second-order valence-corrected chi connectivity index (χ2v) is 4.67. The summed E-state index contributed by atoms with van der Waals surface area (Å²) in [5, 5.41) is 3.04. The predicted molar refractivity (Wildman–Crippen MR) is 70.9 cm³/mol. The average Bonchev–Trinajstić information content (AvgIpc) is 2.62. The molecule has 1 aromatic carbocycles. The highest BCUT2D eigenvalue weighted by molar-refractivity contribution is 6.05. The van der Waals surface area contributed by atoms with Crippen LogP contribution in [0.1, 0.15) is 12.0 Å². The lowest BCUT2D eigenvalue weighted by atomic mass is 10.2. The maximum absolute atomic E-state index is 11.6. The molecule has 1 heterocycles. The number of carbonyl (C=O) groups excluding carboxylic acids is 2. The van der Waals surface area contributed by atoms with E-state index < -0.39 is 6.04 Å². The van der Waals surface area contributed by atoms with Crippen molar-refractivity contribution in [2.75, 3.05) is 20.2 Å². The minimum atomic E-state index is -0.404. The number of nitrogens with one attached hydrogen (secondary N) is 1. The first-order chi connectivity index (χ1) is 9.08. The number of rotatable bonds is 5. The standard InChI is InChI=1S/C14H18N2O3/c1-10-4-3-5-11(8-10)19-7-6-15-12-9-13(17)16(2)14(12)18/h3-5,8,12,15H,6-7,9H2,1-2H3. The summed E-state index contributed by atoms with van der Waals surface area (Å²) < 4.78 is 5.56. The van der Waals surface area contributed by atoms with Crippen molar-refractivity contribution in [2.24, 2.45) is 0 Å². The van der Waals surface area contributed by atoms with E-state index in [2.05, 4.69) is 5.32 Å². The van der Waals surface area contributed by atoms with E-state index in [0.717, 1.165) is 11.3 Å². The van der Waals surface area contributed by atoms with E-state index in [1.165, 1.54) is 11.9 Å². The van der Waals surface area contributed by atoms with Gasteiger partial charge in [0.25, 0.3) is 0 Å². The van der Waals surface area contributed by atoms with Gasteiger partial charge in [-0.25, -0.2) is 0 Å². The van der Waals surface area contributed by atoms with E-state index in [4.69, 9.17) is 4.74 Å². The third kappa shape index (κ3) is 3.32. The Balaban J connectivity index is 1.73. The van der Waals surface area contributed by atoms with E-state index in [9.17, 15) is 9.59 Å². The Morgan fingerprint density at radius 1 is 1.42 bits per heavy atom. The Morgan fingerprint density at radius 3 is 2.84 bits per heavy atom. The molecular weight excluding hydrogens is 244 g/mol. The van der Waals surface area contributed by atoms with Gasteiger partial charge in [-0.3, -0.25) is 14.5 Å². The van der Waals surface area contributed by atoms with Crippen LogP contribution in [0.2, 0.25) is 0 Å². The second-order valence-electron chi connectivity index (χ2n) is 4.67. The van der Waals surface area contributed by atoms with E-state index in [1.54, 1.807) is 0 Å². The van der Waals surface area contributed by atoms with Gasteiger partial charge in [-0.2, -0.15) is 0 Å². The number of aryl methyl sites for hydroxylation is 1. The summed E-state index contributed by atoms with van der Waals surface area (Å²) in [5.74, 6) is 0.510. The molecule has 2 rings (SSSR count). The molecule has 102 valence electrons. The third-order valence-electron chi connectivity index (χ3n) is 3.13. The van der Waals surface area contributed by atoms with Crippen LogP contribution in [0, 0.1) is 6.92 Å². The van der Waals surface area contributed by atoms with Gasteiger partial charge in [0.15, 0.2) is 0 Å². The molecule has 1 unspecified atom stereocenters. The molecule has 0 spiro atoms. The van der Waals surface area contributed by atoms with Crippen LogP contribution in [0.4, 0.5) is 0 Å². The summed E-state index contributed by atoms with van der Waals surface area (Å²) >= 11 is 0. The quantitative estimate of drug-likeness (QED) is 0.627. The van der Waals surface area contributed by atoms with Crippen molar-refractivity contribution >= 4 is 11.8 Å². The monoisotopic (exact) mass is 262 g/mol. The zero-order chi connectivity index (χ0) is 13.8. The Kier molecular flexibility index (Phi) is 4.16. The highest BCUT2D eigenvalue weighted by atomic mass is 16.5. The SMILES string of the molecule is Cc1cccc(OCCNC2CC(=O)N(C)C2=O)c1. The Labute approximate surface area is 112 Å². The smallest absolute Gasteiger partial charge is 0.246 e. The number of hydrogen-bond donors (Lipinski definition) is 1. The van der Waals surface area contributed by atoms with Crippen LogP contribution in [0.3, 0.4) is 0 Å². The van der Waals surface area contributed by atoms with Gasteiger partial charge >= 0.3 is 0 Å². The zero-order valence-corrected chi connectivity index (χ0v) is 11.2. The molecule has 1 N–H and O–H groups in total. The average molecular weight is 262 g/mol. The van der Waals surface area contributed by atoms with Crippen molar-refractivity contribution in [3.8, 4) is 5.75 Å². The van der Waals surface area contributed by atoms with Crippen molar-refractivity contribution in [2.45, 2.75) is 19.4 Å². The summed E-state index contributed by atoms with van der Waals surface area (Å²) in [6.07, 6.45) is 0.236. The fourth-order valence-electron chi connectivity index (χ4n) is 2.02. The lowest BCUT2D eigenvalue weighted by Gasteiger charge is -2.12. The molecule has 19 heavy (non-hydrogen) atoms. The van der Waals surface area contributed by atoms with Crippen LogP contribution < -0.4 is 10.1 Å². The molecule has 5 heteroatoms. The molecule has 1 aromatic rings. The first-order valence-electron chi connectivity index (χ1n) is 6.31. The van der Waals surface area contributed by atoms with Gasteiger partial charge in [0.05, 0.1) is 12.5 Å². The van der Waals surface area contributed by atoms with Gasteiger partial charge in [0.1, 0.15) is 12.4 Å². The number of benzene rings is 1. The summed E-state index contributed by atoms with van der Waals surface area (Å²) in [6.45, 7) is 3.00. The fraction of sp³-hybridized carbons (Fsp3) is 0.429. The molecule has 1 atom stereocenters. The topological polar surface area (TPSA) is 58.6 Å². The molecule has 1 aliphatic rings. The molecular formula is C14H18N2O3. The van der Waals surface area contributed by atoms with Gasteiger partial charge in [-0.05, 0) is 24.6 Å². The molecule has 0 radical (unpaired) electrons. The fourth-order valence-corrected chi connectivity index (χ4v) is 2.02. The number of amides is 2. The molecule has 5 nitrogen and oxygen atoms in total. The molecule has 2 amide bonds. The predicted octanol–water partition coefficient (Wildman–Crippen LogP) is 0.721. The Bertz CT molecular complexity index is 487. The molecule has 0 bridgehead atoms. The number of imide groups is 1. The lowest BCUT2D eigenvalue weighted by molar-refractivity contribution is -0.137. The third-order valence-corrected chi connectivity index (χ3v) is 3.13. The van der Waals surface area contributed by atoms with Gasteiger partial charge < -0.3 is 10.1 Å². The minimum Gasteiger partial charge on any atom is -0.492 e. The van der Waals surface area contributed by atoms with Crippen LogP contribution in [-0.2, 0) is 9.59 Å². The Morgan fingerprint density at radius 2 is 2.21 bits per heavy atom. The molecule has 0 saturated carbocycles. The number of ether oxygens (including phenoxy) is 1. The first kappa shape index (κ1) is 13.5. The molecule has 1 aliphatic heterocycles. The van der Waals surface area contributed by atoms with E-state index in [0.29, 0.717) is 13.2 Å². The number of likely N-dealkylation sites (N-methyl/N-ethyl adjacent to an activating group) is 1. The minimum absolute atomic E-state index is 0.137. The van der Waals surface area contributed by atoms with Crippen LogP contribution >= 0.6 is 0 Å². The van der Waals surface area contributed by atoms with Crippen molar-refractivity contribution in [1.82, 2.24) is 10.2 Å². The van der Waals surface area contributed by atoms with Crippen LogP contribution in [0.5, 0.6) is 5.75 Å². The van der Waals surface area contributed by atoms with E-state index >= 15 is 0 Å². The second kappa shape index (κ2) is 5.84. The van der Waals surface area contributed by atoms with Gasteiger partial charge in [-0.1, -0.05) is 12.1 Å². The van der Waals surface area contributed by atoms with Gasteiger partial charge in [-0.15, -0.1) is 0 Å². The number of nitrogens with zero attached hydrogens (tertiary/aromatic N) is 1. The van der Waals surface area contributed by atoms with Gasteiger partial charge in [0, 0.05) is 13.6 Å². The van der Waals surface area contributed by atoms with Crippen LogP contribution in [0.15, 0.2) is 24.3 Å². The maximum Gasteiger partial charge on any atom is 0.246 e. The van der Waals surface area contributed by atoms with E-state index in [1.807, 2.05) is 31.2 Å². The van der Waals surface area contributed by atoms with E-state index in [-0.39, 0.29) is 18.2 Å². The number of likely N-dealkylation sites (tertiary alicyclic amines) is 1. The normalized spacial score (nSPS) is 19.1. The van der Waals surface area contributed by atoms with Crippen molar-refractivity contribution in [3.63, 3.8) is 0 Å². The summed E-state index contributed by atoms with van der Waals surface area (Å²) in [4.78, 5) is 24.1. The van der Waals surface area contributed by atoms with Crippen LogP contribution in [0.25, 0.3) is 0 Å². The summed E-state index contributed by atoms with van der Waals surface area (Å²) in [6, 6.07) is 7.39. The highest BCUT2D eigenvalue weighted by Crippen LogP contribution is 2.12. The van der Waals surface area contributed by atoms with Crippen molar-refractivity contribution < 1.29 is 14.3 Å². The van der Waals surface area contributed by atoms with Gasteiger partial charge in [0.2, 0.25) is 11.8 Å². The number of carbonyl (C=O) groups is 2. The lowest BCUT2D eigenvalue weighted by Crippen LogP contribution is -2.39. The Hall–Kier alpha value is -1.88. The zero-order valence-electron chi connectivity index (χ0n) is 11.2. The first-order valence-corrected chi connectivity index (χ1v) is 6.31. The van der Waals surface area contributed by atoms with Crippen LogP contribution in [-0.4, -0.2) is 43.0 Å². The number of hydrogen-bond acceptors (Lipinski definition) is 4.